The molecule has 0 aromatic heterocycles. The summed E-state index contributed by atoms with van der Waals surface area (Å²) in [6.07, 6.45) is 0.788. The number of aliphatic hydroxyl groups excluding tert-OH is 1. The SMILES string of the molecule is CC(C)(C)[Si](C)(C)OC(CCC(=O)CO)COCc1ccccc1. The summed E-state index contributed by atoms with van der Waals surface area (Å²) >= 11 is 0. The van der Waals surface area contributed by atoms with Crippen molar-refractivity contribution in [2.24, 2.45) is 0 Å². The Bertz CT molecular complexity index is 494. The normalized spacial score (nSPS) is 13.8. The fraction of sp³-hybridized carbons (Fsp3) is 0.632. The van der Waals surface area contributed by atoms with Crippen LogP contribution in [0.1, 0.15) is 39.2 Å². The van der Waals surface area contributed by atoms with E-state index in [0.717, 1.165) is 5.56 Å². The topological polar surface area (TPSA) is 55.8 Å². The summed E-state index contributed by atoms with van der Waals surface area (Å²) in [5.74, 6) is -0.151. The van der Waals surface area contributed by atoms with Crippen LogP contribution >= 0.6 is 0 Å². The summed E-state index contributed by atoms with van der Waals surface area (Å²) in [5, 5.41) is 9.02. The van der Waals surface area contributed by atoms with Gasteiger partial charge in [-0.2, -0.15) is 0 Å². The third-order valence-electron chi connectivity index (χ3n) is 4.60. The fourth-order valence-electron chi connectivity index (χ4n) is 2.05. The third-order valence-corrected chi connectivity index (χ3v) is 9.14. The van der Waals surface area contributed by atoms with Gasteiger partial charge >= 0.3 is 0 Å². The van der Waals surface area contributed by atoms with Crippen molar-refractivity contribution in [2.75, 3.05) is 13.2 Å². The first-order chi connectivity index (χ1) is 11.2. The number of ketones is 1. The molecule has 0 saturated carbocycles. The van der Waals surface area contributed by atoms with E-state index in [2.05, 4.69) is 33.9 Å². The molecular formula is C19H32O4Si. The molecule has 1 aromatic carbocycles. The number of Topliss-reactive ketones (excluding diaryl/α,β-unsaturated/α-hetero) is 1. The molecular weight excluding hydrogens is 320 g/mol. The second kappa shape index (κ2) is 9.46. The van der Waals surface area contributed by atoms with Crippen molar-refractivity contribution in [1.29, 1.82) is 0 Å². The Hall–Kier alpha value is -1.01. The Morgan fingerprint density at radius 3 is 2.38 bits per heavy atom. The Kier molecular flexibility index (Phi) is 8.29. The van der Waals surface area contributed by atoms with Gasteiger partial charge in [-0.25, -0.2) is 0 Å². The average Bonchev–Trinajstić information content (AvgIpc) is 2.51. The highest BCUT2D eigenvalue weighted by atomic mass is 28.4. The first kappa shape index (κ1) is 21.0. The number of benzene rings is 1. The molecule has 0 bridgehead atoms. The highest BCUT2D eigenvalue weighted by Crippen LogP contribution is 2.37. The van der Waals surface area contributed by atoms with E-state index in [9.17, 15) is 4.79 Å². The molecule has 0 amide bonds. The number of hydrogen-bond acceptors (Lipinski definition) is 4. The lowest BCUT2D eigenvalue weighted by atomic mass is 10.1. The van der Waals surface area contributed by atoms with Gasteiger partial charge in [0.15, 0.2) is 14.1 Å². The van der Waals surface area contributed by atoms with E-state index in [1.165, 1.54) is 0 Å². The molecule has 0 aliphatic rings. The van der Waals surface area contributed by atoms with Crippen molar-refractivity contribution in [1.82, 2.24) is 0 Å². The van der Waals surface area contributed by atoms with Gasteiger partial charge in [-0.05, 0) is 30.1 Å². The van der Waals surface area contributed by atoms with E-state index in [-0.39, 0.29) is 16.9 Å². The van der Waals surface area contributed by atoms with E-state index in [1.54, 1.807) is 0 Å². The summed E-state index contributed by atoms with van der Waals surface area (Å²) in [5.41, 5.74) is 1.12. The first-order valence-electron chi connectivity index (χ1n) is 8.58. The molecule has 0 fully saturated rings. The minimum atomic E-state index is -1.93. The molecule has 1 unspecified atom stereocenters. The second-order valence-electron chi connectivity index (χ2n) is 7.74. The third kappa shape index (κ3) is 7.26. The van der Waals surface area contributed by atoms with Gasteiger partial charge in [-0.1, -0.05) is 51.1 Å². The molecule has 0 spiro atoms. The lowest BCUT2D eigenvalue weighted by Gasteiger charge is -2.39. The Morgan fingerprint density at radius 2 is 1.83 bits per heavy atom. The van der Waals surface area contributed by atoms with Gasteiger partial charge in [0.2, 0.25) is 0 Å². The van der Waals surface area contributed by atoms with E-state index in [4.69, 9.17) is 14.3 Å². The fourth-order valence-corrected chi connectivity index (χ4v) is 3.43. The van der Waals surface area contributed by atoms with Crippen LogP contribution in [0.4, 0.5) is 0 Å². The van der Waals surface area contributed by atoms with Crippen LogP contribution in [0.5, 0.6) is 0 Å². The Balaban J connectivity index is 2.61. The molecule has 1 atom stereocenters. The zero-order chi connectivity index (χ0) is 18.2. The summed E-state index contributed by atoms with van der Waals surface area (Å²) in [6.45, 7) is 11.6. The molecule has 0 aliphatic carbocycles. The van der Waals surface area contributed by atoms with Gasteiger partial charge in [0.05, 0.1) is 19.3 Å². The van der Waals surface area contributed by atoms with Crippen LogP contribution in [0.3, 0.4) is 0 Å². The quantitative estimate of drug-likeness (QED) is 0.648. The maximum atomic E-state index is 11.4. The van der Waals surface area contributed by atoms with Crippen molar-refractivity contribution in [3.63, 3.8) is 0 Å². The van der Waals surface area contributed by atoms with Crippen LogP contribution in [0.15, 0.2) is 30.3 Å². The van der Waals surface area contributed by atoms with Crippen LogP contribution < -0.4 is 0 Å². The van der Waals surface area contributed by atoms with Crippen LogP contribution in [0, 0.1) is 0 Å². The van der Waals surface area contributed by atoms with Gasteiger partial charge in [0, 0.05) is 6.42 Å². The predicted octanol–water partition coefficient (Wildman–Crippen LogP) is 3.94. The monoisotopic (exact) mass is 352 g/mol. The Morgan fingerprint density at radius 1 is 1.21 bits per heavy atom. The Labute approximate surface area is 147 Å². The van der Waals surface area contributed by atoms with E-state index >= 15 is 0 Å². The molecule has 24 heavy (non-hydrogen) atoms. The number of carbonyl (C=O) groups is 1. The van der Waals surface area contributed by atoms with E-state index in [0.29, 0.717) is 26.1 Å². The number of carbonyl (C=O) groups excluding carboxylic acids is 1. The number of aliphatic hydroxyl groups is 1. The molecule has 1 aromatic rings. The zero-order valence-electron chi connectivity index (χ0n) is 15.7. The van der Waals surface area contributed by atoms with Crippen LogP contribution in [0.25, 0.3) is 0 Å². The van der Waals surface area contributed by atoms with Gasteiger partial charge < -0.3 is 14.3 Å². The van der Waals surface area contributed by atoms with Crippen molar-refractivity contribution in [3.8, 4) is 0 Å². The minimum absolute atomic E-state index is 0.103. The minimum Gasteiger partial charge on any atom is -0.412 e. The van der Waals surface area contributed by atoms with Crippen LogP contribution in [-0.2, 0) is 20.6 Å². The van der Waals surface area contributed by atoms with Gasteiger partial charge in [0.1, 0.15) is 6.61 Å². The van der Waals surface area contributed by atoms with Gasteiger partial charge in [-0.15, -0.1) is 0 Å². The molecule has 0 saturated heterocycles. The number of rotatable bonds is 10. The maximum Gasteiger partial charge on any atom is 0.192 e. The molecule has 0 radical (unpaired) electrons. The molecule has 5 heteroatoms. The van der Waals surface area contributed by atoms with Gasteiger partial charge in [-0.3, -0.25) is 4.79 Å². The van der Waals surface area contributed by atoms with Crippen molar-refractivity contribution >= 4 is 14.1 Å². The highest BCUT2D eigenvalue weighted by Gasteiger charge is 2.39. The summed E-state index contributed by atoms with van der Waals surface area (Å²) in [4.78, 5) is 11.4. The van der Waals surface area contributed by atoms with Crippen LogP contribution in [-0.4, -0.2) is 38.5 Å². The highest BCUT2D eigenvalue weighted by molar-refractivity contribution is 6.74. The molecule has 136 valence electrons. The average molecular weight is 353 g/mol. The largest absolute Gasteiger partial charge is 0.412 e. The lowest BCUT2D eigenvalue weighted by Crippen LogP contribution is -2.45. The predicted molar refractivity (Wildman–Crippen MR) is 99.5 cm³/mol. The summed E-state index contributed by atoms with van der Waals surface area (Å²) in [7, 11) is -1.93. The summed E-state index contributed by atoms with van der Waals surface area (Å²) in [6, 6.07) is 10.0. The van der Waals surface area contributed by atoms with Crippen LogP contribution in [0.2, 0.25) is 18.1 Å². The van der Waals surface area contributed by atoms with E-state index < -0.39 is 14.9 Å². The number of hydrogen-bond donors (Lipinski definition) is 1. The first-order valence-corrected chi connectivity index (χ1v) is 11.5. The smallest absolute Gasteiger partial charge is 0.192 e. The zero-order valence-corrected chi connectivity index (χ0v) is 16.7. The van der Waals surface area contributed by atoms with Crippen molar-refractivity contribution in [2.45, 2.75) is 64.5 Å². The molecule has 0 aliphatic heterocycles. The summed E-state index contributed by atoms with van der Waals surface area (Å²) < 4.78 is 12.2. The molecule has 1 rings (SSSR count). The van der Waals surface area contributed by atoms with Crippen molar-refractivity contribution in [3.05, 3.63) is 35.9 Å². The van der Waals surface area contributed by atoms with Crippen molar-refractivity contribution < 1.29 is 19.1 Å². The molecule has 4 nitrogen and oxygen atoms in total. The standard InChI is InChI=1S/C19H32O4Si/c1-19(2,3)24(4,5)23-18(12-11-17(21)13-20)15-22-14-16-9-7-6-8-10-16/h6-10,18,20H,11-15H2,1-5H3. The molecule has 0 heterocycles. The maximum absolute atomic E-state index is 11.4. The van der Waals surface area contributed by atoms with Gasteiger partial charge in [0.25, 0.3) is 0 Å². The lowest BCUT2D eigenvalue weighted by molar-refractivity contribution is -0.122. The molecule has 1 N–H and O–H groups in total. The second-order valence-corrected chi connectivity index (χ2v) is 12.5. The van der Waals surface area contributed by atoms with E-state index in [1.807, 2.05) is 30.3 Å². The number of ether oxygens (including phenoxy) is 1.